The summed E-state index contributed by atoms with van der Waals surface area (Å²) in [7, 11) is 1.83. The average molecular weight is 312 g/mol. The highest BCUT2D eigenvalue weighted by Gasteiger charge is 2.39. The van der Waals surface area contributed by atoms with Crippen molar-refractivity contribution in [3.8, 4) is 0 Å². The van der Waals surface area contributed by atoms with Gasteiger partial charge in [0.2, 0.25) is 5.91 Å². The van der Waals surface area contributed by atoms with Gasteiger partial charge in [-0.3, -0.25) is 14.3 Å². The summed E-state index contributed by atoms with van der Waals surface area (Å²) >= 11 is 0. The van der Waals surface area contributed by atoms with E-state index < -0.39 is 0 Å². The molecule has 23 heavy (non-hydrogen) atoms. The van der Waals surface area contributed by atoms with Crippen LogP contribution in [0, 0.1) is 11.8 Å². The van der Waals surface area contributed by atoms with Gasteiger partial charge in [0.25, 0.3) is 5.91 Å². The third kappa shape index (κ3) is 3.59. The van der Waals surface area contributed by atoms with E-state index in [0.29, 0.717) is 23.7 Å². The summed E-state index contributed by atoms with van der Waals surface area (Å²) in [4.78, 5) is 24.2. The second kappa shape index (κ2) is 6.24. The van der Waals surface area contributed by atoms with E-state index in [1.54, 1.807) is 35.1 Å². The molecule has 1 heterocycles. The average Bonchev–Trinajstić information content (AvgIpc) is 3.13. The Labute approximate surface area is 134 Å². The number of nitrogens with one attached hydrogen (secondary N) is 2. The molecule has 1 saturated carbocycles. The maximum atomic E-state index is 12.2. The number of hydrogen-bond acceptors (Lipinski definition) is 3. The quantitative estimate of drug-likeness (QED) is 0.886. The lowest BCUT2D eigenvalue weighted by molar-refractivity contribution is -0.117. The first kappa shape index (κ1) is 15.3. The molecule has 6 nitrogen and oxygen atoms in total. The van der Waals surface area contributed by atoms with Gasteiger partial charge >= 0.3 is 0 Å². The highest BCUT2D eigenvalue weighted by molar-refractivity contribution is 5.98. The maximum Gasteiger partial charge on any atom is 0.251 e. The molecule has 2 amide bonds. The van der Waals surface area contributed by atoms with Crippen LogP contribution in [0.3, 0.4) is 0 Å². The molecule has 0 radical (unpaired) electrons. The molecule has 120 valence electrons. The van der Waals surface area contributed by atoms with Crippen LogP contribution in [0.25, 0.3) is 0 Å². The standard InChI is InChI=1S/C17H20N4O2/c1-11-8-15(11)17(23)20-13-5-3-4-12(9-13)16(22)18-10-14-6-7-19-21(14)2/h3-7,9,11,15H,8,10H2,1-2H3,(H,18,22)(H,20,23)/t11-,15-/m0/s1. The Morgan fingerprint density at radius 1 is 1.35 bits per heavy atom. The van der Waals surface area contributed by atoms with Crippen molar-refractivity contribution >= 4 is 17.5 Å². The Balaban J connectivity index is 1.61. The Morgan fingerprint density at radius 2 is 2.13 bits per heavy atom. The van der Waals surface area contributed by atoms with Crippen LogP contribution in [0.1, 0.15) is 29.4 Å². The first-order valence-corrected chi connectivity index (χ1v) is 7.70. The number of carbonyl (C=O) groups excluding carboxylic acids is 2. The van der Waals surface area contributed by atoms with Crippen molar-refractivity contribution in [3.63, 3.8) is 0 Å². The number of carbonyl (C=O) groups is 2. The van der Waals surface area contributed by atoms with Gasteiger partial charge in [-0.1, -0.05) is 13.0 Å². The molecule has 3 rings (SSSR count). The van der Waals surface area contributed by atoms with Crippen LogP contribution in [0.5, 0.6) is 0 Å². The van der Waals surface area contributed by atoms with Crippen molar-refractivity contribution in [1.82, 2.24) is 15.1 Å². The molecular formula is C17H20N4O2. The van der Waals surface area contributed by atoms with Crippen molar-refractivity contribution in [2.75, 3.05) is 5.32 Å². The van der Waals surface area contributed by atoms with Gasteiger partial charge < -0.3 is 10.6 Å². The molecule has 1 fully saturated rings. The van der Waals surface area contributed by atoms with Gasteiger partial charge in [-0.15, -0.1) is 0 Å². The SMILES string of the molecule is C[C@H]1C[C@@H]1C(=O)Nc1cccc(C(=O)NCc2ccnn2C)c1. The number of nitrogens with zero attached hydrogens (tertiary/aromatic N) is 2. The lowest BCUT2D eigenvalue weighted by Gasteiger charge is -2.08. The lowest BCUT2D eigenvalue weighted by Crippen LogP contribution is -2.24. The van der Waals surface area contributed by atoms with Crippen molar-refractivity contribution in [1.29, 1.82) is 0 Å². The van der Waals surface area contributed by atoms with Crippen LogP contribution in [0.2, 0.25) is 0 Å². The summed E-state index contributed by atoms with van der Waals surface area (Å²) < 4.78 is 1.72. The van der Waals surface area contributed by atoms with E-state index in [9.17, 15) is 9.59 Å². The minimum Gasteiger partial charge on any atom is -0.346 e. The zero-order valence-electron chi connectivity index (χ0n) is 13.2. The van der Waals surface area contributed by atoms with Crippen LogP contribution in [0.15, 0.2) is 36.5 Å². The van der Waals surface area contributed by atoms with Gasteiger partial charge in [-0.05, 0) is 36.6 Å². The molecule has 2 aromatic rings. The third-order valence-corrected chi connectivity index (χ3v) is 4.19. The summed E-state index contributed by atoms with van der Waals surface area (Å²) in [6, 6.07) is 8.85. The van der Waals surface area contributed by atoms with Gasteiger partial charge in [0.05, 0.1) is 12.2 Å². The van der Waals surface area contributed by atoms with Crippen molar-refractivity contribution in [2.24, 2.45) is 18.9 Å². The minimum absolute atomic E-state index is 0.0324. The topological polar surface area (TPSA) is 76.0 Å². The second-order valence-corrected chi connectivity index (χ2v) is 6.02. The van der Waals surface area contributed by atoms with Gasteiger partial charge in [-0.25, -0.2) is 0 Å². The Kier molecular flexibility index (Phi) is 4.14. The summed E-state index contributed by atoms with van der Waals surface area (Å²) in [5.41, 5.74) is 2.10. The van der Waals surface area contributed by atoms with Crippen LogP contribution < -0.4 is 10.6 Å². The van der Waals surface area contributed by atoms with Crippen LogP contribution in [-0.4, -0.2) is 21.6 Å². The molecule has 1 aromatic carbocycles. The fraction of sp³-hybridized carbons (Fsp3) is 0.353. The summed E-state index contributed by atoms with van der Waals surface area (Å²) in [5, 5.41) is 9.79. The van der Waals surface area contributed by atoms with Crippen molar-refractivity contribution in [2.45, 2.75) is 19.9 Å². The van der Waals surface area contributed by atoms with Crippen LogP contribution in [0.4, 0.5) is 5.69 Å². The van der Waals surface area contributed by atoms with Gasteiger partial charge in [-0.2, -0.15) is 5.10 Å². The van der Waals surface area contributed by atoms with Gasteiger partial charge in [0.1, 0.15) is 0 Å². The number of benzene rings is 1. The molecular weight excluding hydrogens is 292 g/mol. The Hall–Kier alpha value is -2.63. The monoisotopic (exact) mass is 312 g/mol. The van der Waals surface area contributed by atoms with Crippen molar-refractivity contribution in [3.05, 3.63) is 47.8 Å². The fourth-order valence-electron chi connectivity index (χ4n) is 2.51. The number of amides is 2. The van der Waals surface area contributed by atoms with Gasteiger partial charge in [0.15, 0.2) is 0 Å². The van der Waals surface area contributed by atoms with Crippen LogP contribution in [-0.2, 0) is 18.4 Å². The van der Waals surface area contributed by atoms with Crippen LogP contribution >= 0.6 is 0 Å². The molecule has 2 N–H and O–H groups in total. The molecule has 0 aliphatic heterocycles. The second-order valence-electron chi connectivity index (χ2n) is 6.02. The Morgan fingerprint density at radius 3 is 2.78 bits per heavy atom. The first-order valence-electron chi connectivity index (χ1n) is 7.70. The smallest absolute Gasteiger partial charge is 0.251 e. The zero-order chi connectivity index (χ0) is 16.4. The summed E-state index contributed by atoms with van der Waals surface area (Å²) in [6.07, 6.45) is 2.63. The fourth-order valence-corrected chi connectivity index (χ4v) is 2.51. The normalized spacial score (nSPS) is 19.2. The zero-order valence-corrected chi connectivity index (χ0v) is 13.2. The Bertz CT molecular complexity index is 738. The first-order chi connectivity index (χ1) is 11.0. The number of aromatic nitrogens is 2. The van der Waals surface area contributed by atoms with E-state index in [4.69, 9.17) is 0 Å². The lowest BCUT2D eigenvalue weighted by atomic mass is 10.2. The molecule has 0 unspecified atom stereocenters. The number of aryl methyl sites for hydroxylation is 1. The molecule has 0 spiro atoms. The van der Waals surface area contributed by atoms with E-state index >= 15 is 0 Å². The van der Waals surface area contributed by atoms with E-state index in [1.807, 2.05) is 13.1 Å². The van der Waals surface area contributed by atoms with E-state index in [2.05, 4.69) is 22.7 Å². The molecule has 0 saturated heterocycles. The largest absolute Gasteiger partial charge is 0.346 e. The van der Waals surface area contributed by atoms with E-state index in [1.165, 1.54) is 0 Å². The predicted molar refractivity (Wildman–Crippen MR) is 86.7 cm³/mol. The maximum absolute atomic E-state index is 12.2. The molecule has 1 aliphatic carbocycles. The highest BCUT2D eigenvalue weighted by Crippen LogP contribution is 2.38. The third-order valence-electron chi connectivity index (χ3n) is 4.19. The van der Waals surface area contributed by atoms with Gasteiger partial charge in [0, 0.05) is 30.4 Å². The molecule has 1 aliphatic rings. The molecule has 2 atom stereocenters. The minimum atomic E-state index is -0.179. The predicted octanol–water partition coefficient (Wildman–Crippen LogP) is 1.94. The summed E-state index contributed by atoms with van der Waals surface area (Å²) in [5.74, 6) is 0.421. The van der Waals surface area contributed by atoms with E-state index in [0.717, 1.165) is 12.1 Å². The number of hydrogen-bond donors (Lipinski definition) is 2. The molecule has 1 aromatic heterocycles. The highest BCUT2D eigenvalue weighted by atomic mass is 16.2. The molecule has 6 heteroatoms. The summed E-state index contributed by atoms with van der Waals surface area (Å²) in [6.45, 7) is 2.47. The molecule has 0 bridgehead atoms. The number of anilines is 1. The number of rotatable bonds is 5. The van der Waals surface area contributed by atoms with E-state index in [-0.39, 0.29) is 17.7 Å². The van der Waals surface area contributed by atoms with Crippen molar-refractivity contribution < 1.29 is 9.59 Å².